The molecule has 0 unspecified atom stereocenters. The molecule has 1 aliphatic heterocycles. The molecule has 2 aromatic rings. The largest absolute Gasteiger partial charge is 0.457 e. The number of hydrogen-bond donors (Lipinski definition) is 0. The normalized spacial score (nSPS) is 14.6. The summed E-state index contributed by atoms with van der Waals surface area (Å²) in [5, 5.41) is 0. The third-order valence-electron chi connectivity index (χ3n) is 4.01. The van der Waals surface area contributed by atoms with Gasteiger partial charge in [-0.3, -0.25) is 0 Å². The lowest BCUT2D eigenvalue weighted by Crippen LogP contribution is -2.39. The van der Waals surface area contributed by atoms with E-state index in [4.69, 9.17) is 9.47 Å². The van der Waals surface area contributed by atoms with Crippen LogP contribution in [0.3, 0.4) is 0 Å². The van der Waals surface area contributed by atoms with Crippen LogP contribution in [-0.2, 0) is 4.74 Å². The van der Waals surface area contributed by atoms with Crippen LogP contribution in [-0.4, -0.2) is 29.7 Å². The number of benzene rings is 2. The van der Waals surface area contributed by atoms with E-state index < -0.39 is 5.60 Å². The van der Waals surface area contributed by atoms with Crippen LogP contribution in [0.5, 0.6) is 11.5 Å². The Morgan fingerprint density at radius 1 is 0.962 bits per heavy atom. The minimum atomic E-state index is -0.477. The number of carbonyl (C=O) groups excluding carboxylic acids is 1. The summed E-state index contributed by atoms with van der Waals surface area (Å²) in [6.07, 6.45) is 2.76. The number of amides is 1. The molecule has 0 N–H and O–H groups in total. The number of carbonyl (C=O) groups is 1. The van der Waals surface area contributed by atoms with Crippen molar-refractivity contribution in [2.45, 2.75) is 32.8 Å². The van der Waals surface area contributed by atoms with Crippen molar-refractivity contribution in [3.8, 4) is 11.5 Å². The van der Waals surface area contributed by atoms with Gasteiger partial charge in [0.1, 0.15) is 17.1 Å². The van der Waals surface area contributed by atoms with Crippen LogP contribution in [0.25, 0.3) is 5.57 Å². The van der Waals surface area contributed by atoms with Crippen molar-refractivity contribution in [1.29, 1.82) is 0 Å². The smallest absolute Gasteiger partial charge is 0.410 e. The molecule has 136 valence electrons. The van der Waals surface area contributed by atoms with Gasteiger partial charge in [-0.25, -0.2) is 4.79 Å². The highest BCUT2D eigenvalue weighted by atomic mass is 16.6. The molecule has 0 saturated heterocycles. The fourth-order valence-electron chi connectivity index (χ4n) is 2.80. The maximum Gasteiger partial charge on any atom is 0.410 e. The molecule has 0 radical (unpaired) electrons. The first-order valence-corrected chi connectivity index (χ1v) is 8.91. The predicted molar refractivity (Wildman–Crippen MR) is 103 cm³/mol. The van der Waals surface area contributed by atoms with Gasteiger partial charge in [0.2, 0.25) is 0 Å². The van der Waals surface area contributed by atoms with Crippen LogP contribution in [0.2, 0.25) is 0 Å². The second-order valence-electron chi connectivity index (χ2n) is 7.36. The molecule has 0 saturated carbocycles. The molecular weight excluding hydrogens is 326 g/mol. The van der Waals surface area contributed by atoms with Crippen LogP contribution in [0.4, 0.5) is 4.79 Å². The number of para-hydroxylation sites is 1. The van der Waals surface area contributed by atoms with Gasteiger partial charge in [-0.15, -0.1) is 0 Å². The van der Waals surface area contributed by atoms with Crippen molar-refractivity contribution in [1.82, 2.24) is 4.90 Å². The third-order valence-corrected chi connectivity index (χ3v) is 4.01. The van der Waals surface area contributed by atoms with Crippen molar-refractivity contribution < 1.29 is 14.3 Å². The van der Waals surface area contributed by atoms with E-state index in [9.17, 15) is 4.79 Å². The van der Waals surface area contributed by atoms with Crippen molar-refractivity contribution in [2.24, 2.45) is 0 Å². The molecule has 1 aliphatic rings. The van der Waals surface area contributed by atoms with Crippen LogP contribution in [0.1, 0.15) is 32.8 Å². The van der Waals surface area contributed by atoms with Gasteiger partial charge in [-0.05, 0) is 62.6 Å². The highest BCUT2D eigenvalue weighted by Gasteiger charge is 2.24. The van der Waals surface area contributed by atoms with Gasteiger partial charge in [0, 0.05) is 13.1 Å². The van der Waals surface area contributed by atoms with Gasteiger partial charge in [-0.1, -0.05) is 36.4 Å². The maximum atomic E-state index is 12.3. The van der Waals surface area contributed by atoms with E-state index in [0.717, 1.165) is 29.1 Å². The molecule has 4 nitrogen and oxygen atoms in total. The molecule has 0 aliphatic carbocycles. The molecule has 0 fully saturated rings. The van der Waals surface area contributed by atoms with Crippen molar-refractivity contribution >= 4 is 11.7 Å². The fraction of sp³-hybridized carbons (Fsp3) is 0.318. The van der Waals surface area contributed by atoms with Crippen molar-refractivity contribution in [3.63, 3.8) is 0 Å². The van der Waals surface area contributed by atoms with Crippen LogP contribution < -0.4 is 4.74 Å². The first-order valence-electron chi connectivity index (χ1n) is 8.91. The SMILES string of the molecule is CC(C)(C)OC(=O)N1CCC=C(c2ccc(Oc3ccccc3)cc2)C1. The van der Waals surface area contributed by atoms with Crippen LogP contribution >= 0.6 is 0 Å². The molecular formula is C22H25NO3. The second kappa shape index (κ2) is 7.65. The fourth-order valence-corrected chi connectivity index (χ4v) is 2.80. The third kappa shape index (κ3) is 4.88. The Morgan fingerprint density at radius 2 is 1.62 bits per heavy atom. The molecule has 3 rings (SSSR count). The molecule has 4 heteroatoms. The number of ether oxygens (including phenoxy) is 2. The molecule has 0 spiro atoms. The summed E-state index contributed by atoms with van der Waals surface area (Å²) < 4.78 is 11.3. The van der Waals surface area contributed by atoms with E-state index in [2.05, 4.69) is 6.08 Å². The Balaban J connectivity index is 1.65. The van der Waals surface area contributed by atoms with Gasteiger partial charge in [0.15, 0.2) is 0 Å². The number of nitrogens with zero attached hydrogens (tertiary/aromatic N) is 1. The number of hydrogen-bond acceptors (Lipinski definition) is 3. The Kier molecular flexibility index (Phi) is 5.31. The average molecular weight is 351 g/mol. The minimum absolute atomic E-state index is 0.257. The summed E-state index contributed by atoms with van der Waals surface area (Å²) in [6.45, 7) is 6.91. The first-order chi connectivity index (χ1) is 12.4. The van der Waals surface area contributed by atoms with Gasteiger partial charge in [0.25, 0.3) is 0 Å². The van der Waals surface area contributed by atoms with E-state index in [0.29, 0.717) is 13.1 Å². The standard InChI is InChI=1S/C22H25NO3/c1-22(2,3)26-21(24)23-15-7-8-18(16-23)17-11-13-20(14-12-17)25-19-9-5-4-6-10-19/h4-6,8-14H,7,15-16H2,1-3H3. The number of rotatable bonds is 3. The summed E-state index contributed by atoms with van der Waals surface area (Å²) in [4.78, 5) is 14.1. The molecule has 0 bridgehead atoms. The zero-order valence-electron chi connectivity index (χ0n) is 15.6. The quantitative estimate of drug-likeness (QED) is 0.732. The minimum Gasteiger partial charge on any atom is -0.457 e. The monoisotopic (exact) mass is 351 g/mol. The van der Waals surface area contributed by atoms with Gasteiger partial charge in [-0.2, -0.15) is 0 Å². The highest BCUT2D eigenvalue weighted by Crippen LogP contribution is 2.26. The Bertz CT molecular complexity index is 773. The topological polar surface area (TPSA) is 38.8 Å². The summed E-state index contributed by atoms with van der Waals surface area (Å²) >= 11 is 0. The lowest BCUT2D eigenvalue weighted by atomic mass is 10.0. The Labute approximate surface area is 155 Å². The zero-order valence-corrected chi connectivity index (χ0v) is 15.6. The van der Waals surface area contributed by atoms with E-state index in [1.807, 2.05) is 75.4 Å². The Hall–Kier alpha value is -2.75. The van der Waals surface area contributed by atoms with E-state index in [-0.39, 0.29) is 6.09 Å². The summed E-state index contributed by atoms with van der Waals surface area (Å²) in [5.74, 6) is 1.61. The van der Waals surface area contributed by atoms with Gasteiger partial charge >= 0.3 is 6.09 Å². The van der Waals surface area contributed by atoms with Crippen LogP contribution in [0.15, 0.2) is 60.7 Å². The van der Waals surface area contributed by atoms with E-state index in [1.165, 1.54) is 0 Å². The molecule has 0 aromatic heterocycles. The molecule has 1 amide bonds. The lowest BCUT2D eigenvalue weighted by Gasteiger charge is -2.30. The van der Waals surface area contributed by atoms with Crippen LogP contribution in [0, 0.1) is 0 Å². The molecule has 26 heavy (non-hydrogen) atoms. The first kappa shape index (κ1) is 18.1. The second-order valence-corrected chi connectivity index (χ2v) is 7.36. The summed E-state index contributed by atoms with van der Waals surface area (Å²) in [7, 11) is 0. The predicted octanol–water partition coefficient (Wildman–Crippen LogP) is 5.50. The molecule has 0 atom stereocenters. The zero-order chi connectivity index (χ0) is 18.6. The van der Waals surface area contributed by atoms with E-state index in [1.54, 1.807) is 4.90 Å². The van der Waals surface area contributed by atoms with Crippen molar-refractivity contribution in [2.75, 3.05) is 13.1 Å². The lowest BCUT2D eigenvalue weighted by molar-refractivity contribution is 0.0273. The summed E-state index contributed by atoms with van der Waals surface area (Å²) in [5.41, 5.74) is 1.75. The summed E-state index contributed by atoms with van der Waals surface area (Å²) in [6, 6.07) is 17.7. The Morgan fingerprint density at radius 3 is 2.27 bits per heavy atom. The van der Waals surface area contributed by atoms with Gasteiger partial charge in [0.05, 0.1) is 0 Å². The van der Waals surface area contributed by atoms with E-state index >= 15 is 0 Å². The molecule has 1 heterocycles. The van der Waals surface area contributed by atoms with Crippen molar-refractivity contribution in [3.05, 3.63) is 66.2 Å². The maximum absolute atomic E-state index is 12.3. The highest BCUT2D eigenvalue weighted by molar-refractivity contribution is 5.75. The van der Waals surface area contributed by atoms with Gasteiger partial charge < -0.3 is 14.4 Å². The molecule has 2 aromatic carbocycles. The average Bonchev–Trinajstić information content (AvgIpc) is 2.62.